The zero-order valence-electron chi connectivity index (χ0n) is 18.6. The monoisotopic (exact) mass is 455 g/mol. The Morgan fingerprint density at radius 2 is 2.03 bits per heavy atom. The summed E-state index contributed by atoms with van der Waals surface area (Å²) in [6.45, 7) is 11.5. The molecule has 1 saturated heterocycles. The first-order valence-corrected chi connectivity index (χ1v) is 10.9. The van der Waals surface area contributed by atoms with Gasteiger partial charge in [-0.1, -0.05) is 12.2 Å². The average molecular weight is 456 g/mol. The van der Waals surface area contributed by atoms with Crippen molar-refractivity contribution >= 4 is 23.2 Å². The number of halogens is 1. The lowest BCUT2D eigenvalue weighted by Crippen LogP contribution is -2.46. The molecule has 0 aliphatic carbocycles. The number of aromatic nitrogens is 3. The smallest absolute Gasteiger partial charge is 0.274 e. The van der Waals surface area contributed by atoms with E-state index in [1.807, 2.05) is 11.0 Å². The van der Waals surface area contributed by atoms with Crippen molar-refractivity contribution in [1.29, 1.82) is 0 Å². The zero-order valence-corrected chi connectivity index (χ0v) is 18.6. The standard InChI is InChI=1S/C23H30FN7O2/c1-3-5-6-17(32)15-27-23-25-8-7-18(29-23)22(33)28-19-16-26-21(24)14-20(19)31-12-10-30(9-4-2)11-13-31/h3-4,7-8,14,16-17,32H,1-2,5-6,9-13,15H2,(H,28,33)(H,25,27,29). The Labute approximate surface area is 193 Å². The van der Waals surface area contributed by atoms with Gasteiger partial charge in [-0.05, 0) is 18.9 Å². The second kappa shape index (κ2) is 12.0. The molecule has 1 atom stereocenters. The van der Waals surface area contributed by atoms with Crippen LogP contribution in [0.3, 0.4) is 0 Å². The van der Waals surface area contributed by atoms with Gasteiger partial charge in [-0.25, -0.2) is 15.0 Å². The summed E-state index contributed by atoms with van der Waals surface area (Å²) in [5.74, 6) is -0.844. The van der Waals surface area contributed by atoms with E-state index in [9.17, 15) is 14.3 Å². The molecule has 9 nitrogen and oxygen atoms in total. The van der Waals surface area contributed by atoms with Gasteiger partial charge in [0.25, 0.3) is 5.91 Å². The molecule has 1 fully saturated rings. The molecule has 1 unspecified atom stereocenters. The Morgan fingerprint density at radius 1 is 1.24 bits per heavy atom. The van der Waals surface area contributed by atoms with Crippen LogP contribution in [0.2, 0.25) is 0 Å². The Hall–Kier alpha value is -3.37. The molecule has 0 bridgehead atoms. The molecular formula is C23H30FN7O2. The van der Waals surface area contributed by atoms with Gasteiger partial charge in [-0.3, -0.25) is 9.69 Å². The number of anilines is 3. The van der Waals surface area contributed by atoms with Gasteiger partial charge in [0.1, 0.15) is 5.69 Å². The van der Waals surface area contributed by atoms with Crippen LogP contribution < -0.4 is 15.5 Å². The van der Waals surface area contributed by atoms with E-state index in [1.54, 1.807) is 6.08 Å². The van der Waals surface area contributed by atoms with Crippen LogP contribution in [-0.2, 0) is 0 Å². The second-order valence-corrected chi connectivity index (χ2v) is 7.72. The van der Waals surface area contributed by atoms with E-state index >= 15 is 0 Å². The van der Waals surface area contributed by atoms with Gasteiger partial charge in [0, 0.05) is 51.5 Å². The minimum Gasteiger partial charge on any atom is -0.391 e. The van der Waals surface area contributed by atoms with Crippen LogP contribution >= 0.6 is 0 Å². The van der Waals surface area contributed by atoms with Crippen LogP contribution in [0.1, 0.15) is 23.3 Å². The SMILES string of the molecule is C=CCCC(O)CNc1nccc(C(=O)Nc2cnc(F)cc2N2CCN(CC=C)CC2)n1. The first-order valence-electron chi connectivity index (χ1n) is 10.9. The lowest BCUT2D eigenvalue weighted by Gasteiger charge is -2.36. The predicted molar refractivity (Wildman–Crippen MR) is 127 cm³/mol. The van der Waals surface area contributed by atoms with Gasteiger partial charge >= 0.3 is 0 Å². The fraction of sp³-hybridized carbons (Fsp3) is 0.391. The topological polar surface area (TPSA) is 107 Å². The molecule has 2 aromatic heterocycles. The first-order chi connectivity index (χ1) is 16.0. The summed E-state index contributed by atoms with van der Waals surface area (Å²) in [5, 5.41) is 15.7. The van der Waals surface area contributed by atoms with Crippen molar-refractivity contribution in [2.45, 2.75) is 18.9 Å². The van der Waals surface area contributed by atoms with Gasteiger partial charge in [-0.2, -0.15) is 4.39 Å². The maximum absolute atomic E-state index is 13.9. The highest BCUT2D eigenvalue weighted by molar-refractivity contribution is 6.04. The highest BCUT2D eigenvalue weighted by Crippen LogP contribution is 2.27. The fourth-order valence-corrected chi connectivity index (χ4v) is 3.51. The molecule has 176 valence electrons. The van der Waals surface area contributed by atoms with Crippen molar-refractivity contribution in [3.8, 4) is 0 Å². The molecule has 1 aliphatic heterocycles. The molecule has 0 saturated carbocycles. The minimum atomic E-state index is -0.611. The van der Waals surface area contributed by atoms with E-state index in [-0.39, 0.29) is 18.2 Å². The molecule has 3 N–H and O–H groups in total. The van der Waals surface area contributed by atoms with Crippen LogP contribution in [0, 0.1) is 5.95 Å². The molecule has 3 heterocycles. The highest BCUT2D eigenvalue weighted by atomic mass is 19.1. The summed E-state index contributed by atoms with van der Waals surface area (Å²) in [6, 6.07) is 2.82. The molecule has 1 aliphatic rings. The van der Waals surface area contributed by atoms with Gasteiger partial charge in [0.2, 0.25) is 11.9 Å². The van der Waals surface area contributed by atoms with E-state index in [1.165, 1.54) is 24.5 Å². The van der Waals surface area contributed by atoms with Crippen LogP contribution in [0.25, 0.3) is 0 Å². The molecule has 0 aromatic carbocycles. The number of aliphatic hydroxyl groups is 1. The third-order valence-electron chi connectivity index (χ3n) is 5.29. The summed E-state index contributed by atoms with van der Waals surface area (Å²) >= 11 is 0. The summed E-state index contributed by atoms with van der Waals surface area (Å²) < 4.78 is 13.9. The van der Waals surface area contributed by atoms with Crippen molar-refractivity contribution in [2.75, 3.05) is 54.8 Å². The van der Waals surface area contributed by atoms with Crippen LogP contribution in [0.15, 0.2) is 49.8 Å². The maximum atomic E-state index is 13.9. The number of carbonyl (C=O) groups excluding carboxylic acids is 1. The van der Waals surface area contributed by atoms with Gasteiger partial charge in [-0.15, -0.1) is 13.2 Å². The maximum Gasteiger partial charge on any atom is 0.274 e. The molecule has 0 spiro atoms. The normalized spacial score (nSPS) is 15.0. The number of rotatable bonds is 11. The number of aliphatic hydroxyl groups excluding tert-OH is 1. The molecule has 10 heteroatoms. The summed E-state index contributed by atoms with van der Waals surface area (Å²) in [7, 11) is 0. The lowest BCUT2D eigenvalue weighted by atomic mass is 10.2. The molecule has 33 heavy (non-hydrogen) atoms. The number of piperazine rings is 1. The molecule has 1 amide bonds. The zero-order chi connectivity index (χ0) is 23.6. The van der Waals surface area contributed by atoms with E-state index in [0.717, 1.165) is 19.6 Å². The number of amides is 1. The average Bonchev–Trinajstić information content (AvgIpc) is 2.83. The number of hydrogen-bond acceptors (Lipinski definition) is 8. The van der Waals surface area contributed by atoms with Crippen molar-refractivity contribution < 1.29 is 14.3 Å². The van der Waals surface area contributed by atoms with Crippen LogP contribution in [-0.4, -0.2) is 76.2 Å². The second-order valence-electron chi connectivity index (χ2n) is 7.72. The molecule has 3 rings (SSSR count). The number of nitrogens with zero attached hydrogens (tertiary/aromatic N) is 5. The van der Waals surface area contributed by atoms with Gasteiger partial charge < -0.3 is 20.6 Å². The summed E-state index contributed by atoms with van der Waals surface area (Å²) in [4.78, 5) is 29.1. The Kier molecular flexibility index (Phi) is 8.85. The Morgan fingerprint density at radius 3 is 2.76 bits per heavy atom. The largest absolute Gasteiger partial charge is 0.391 e. The Balaban J connectivity index is 1.67. The molecular weight excluding hydrogens is 425 g/mol. The van der Waals surface area contributed by atoms with Crippen molar-refractivity contribution in [3.63, 3.8) is 0 Å². The van der Waals surface area contributed by atoms with E-state index < -0.39 is 18.0 Å². The van der Waals surface area contributed by atoms with E-state index in [2.05, 4.69) is 43.6 Å². The third-order valence-corrected chi connectivity index (χ3v) is 5.29. The van der Waals surface area contributed by atoms with Gasteiger partial charge in [0.15, 0.2) is 0 Å². The number of hydrogen-bond donors (Lipinski definition) is 3. The number of allylic oxidation sites excluding steroid dienone is 1. The molecule has 2 aromatic rings. The van der Waals surface area contributed by atoms with Crippen molar-refractivity contribution in [2.24, 2.45) is 0 Å². The lowest BCUT2D eigenvalue weighted by molar-refractivity contribution is 0.102. The van der Waals surface area contributed by atoms with E-state index in [4.69, 9.17) is 0 Å². The van der Waals surface area contributed by atoms with Crippen molar-refractivity contribution in [1.82, 2.24) is 19.9 Å². The highest BCUT2D eigenvalue weighted by Gasteiger charge is 2.21. The summed E-state index contributed by atoms with van der Waals surface area (Å²) in [6.07, 6.45) is 7.06. The van der Waals surface area contributed by atoms with Gasteiger partial charge in [0.05, 0.1) is 23.7 Å². The molecule has 0 radical (unpaired) electrons. The van der Waals surface area contributed by atoms with Crippen LogP contribution in [0.4, 0.5) is 21.7 Å². The fourth-order valence-electron chi connectivity index (χ4n) is 3.51. The number of nitrogens with one attached hydrogen (secondary N) is 2. The van der Waals surface area contributed by atoms with Crippen LogP contribution in [0.5, 0.6) is 0 Å². The first kappa shape index (κ1) is 24.3. The number of pyridine rings is 1. The predicted octanol–water partition coefficient (Wildman–Crippen LogP) is 2.31. The number of carbonyl (C=O) groups is 1. The quantitative estimate of drug-likeness (QED) is 0.350. The van der Waals surface area contributed by atoms with E-state index in [0.29, 0.717) is 37.3 Å². The summed E-state index contributed by atoms with van der Waals surface area (Å²) in [5.41, 5.74) is 1.12. The Bertz CT molecular complexity index is 964. The third kappa shape index (κ3) is 7.06. The minimum absolute atomic E-state index is 0.138. The van der Waals surface area contributed by atoms with Crippen molar-refractivity contribution in [3.05, 3.63) is 61.5 Å².